The number of Topliss-reactive ketones (excluding diaryl/α,β-unsaturated/α-hetero) is 1. The highest BCUT2D eigenvalue weighted by atomic mass is 32.2. The number of ketones is 1. The van der Waals surface area contributed by atoms with Gasteiger partial charge in [-0.1, -0.05) is 24.3 Å². The molecule has 0 aromatic heterocycles. The molecule has 0 aliphatic carbocycles. The average Bonchev–Trinajstić information content (AvgIpc) is 2.98. The van der Waals surface area contributed by atoms with E-state index in [0.29, 0.717) is 0 Å². The lowest BCUT2D eigenvalue weighted by molar-refractivity contribution is -0.123. The molecule has 0 saturated carbocycles. The largest absolute Gasteiger partial charge is 0.462 e. The maximum absolute atomic E-state index is 13.1. The van der Waals surface area contributed by atoms with Gasteiger partial charge in [0.25, 0.3) is 0 Å². The minimum absolute atomic E-state index is 0.0963. The molecule has 8 nitrogen and oxygen atoms in total. The Kier molecular flexibility index (Phi) is 4.97. The monoisotopic (exact) mass is 438 g/mol. The van der Waals surface area contributed by atoms with E-state index in [2.05, 4.69) is 4.18 Å². The van der Waals surface area contributed by atoms with E-state index in [9.17, 15) is 22.4 Å². The smallest absolute Gasteiger partial charge is 0.338 e. The zero-order valence-corrected chi connectivity index (χ0v) is 16.4. The molecule has 2 aromatic carbocycles. The van der Waals surface area contributed by atoms with Crippen molar-refractivity contribution in [2.24, 2.45) is 5.73 Å². The number of carbonyl (C=O) groups is 2. The highest BCUT2D eigenvalue weighted by Crippen LogP contribution is 2.33. The van der Waals surface area contributed by atoms with Gasteiger partial charge in [0.05, 0.1) is 16.3 Å². The molecule has 1 atom stereocenters. The molecule has 0 saturated heterocycles. The van der Waals surface area contributed by atoms with Crippen LogP contribution in [-0.4, -0.2) is 26.8 Å². The highest BCUT2D eigenvalue weighted by molar-refractivity contribution is 7.86. The van der Waals surface area contributed by atoms with E-state index in [1.165, 1.54) is 24.3 Å². The van der Waals surface area contributed by atoms with Crippen LogP contribution in [0, 0.1) is 5.82 Å². The molecule has 1 heterocycles. The quantitative estimate of drug-likeness (QED) is 0.516. The van der Waals surface area contributed by atoms with E-state index >= 15 is 0 Å². The molecule has 1 aliphatic heterocycles. The van der Waals surface area contributed by atoms with E-state index in [1.54, 1.807) is 6.92 Å². The molecule has 0 unspecified atom stereocenters. The third kappa shape index (κ3) is 4.77. The van der Waals surface area contributed by atoms with E-state index < -0.39 is 56.7 Å². The topological polar surface area (TPSA) is 122 Å². The number of carbonyl (C=O) groups excluding carboxylic acids is 2. The molecule has 0 amide bonds. The minimum Gasteiger partial charge on any atom is -0.462 e. The van der Waals surface area contributed by atoms with Gasteiger partial charge < -0.3 is 19.4 Å². The van der Waals surface area contributed by atoms with Gasteiger partial charge in [-0.2, -0.15) is 8.42 Å². The number of benzene rings is 2. The predicted molar refractivity (Wildman–Crippen MR) is 103 cm³/mol. The first-order valence-electron chi connectivity index (χ1n) is 10.0. The molecule has 10 heteroatoms. The van der Waals surface area contributed by atoms with E-state index in [1.807, 2.05) is 0 Å². The van der Waals surface area contributed by atoms with Gasteiger partial charge in [0, 0.05) is 5.56 Å². The summed E-state index contributed by atoms with van der Waals surface area (Å²) in [5, 5.41) is 0. The van der Waals surface area contributed by atoms with E-state index in [-0.39, 0.29) is 17.7 Å². The fraction of sp³-hybridized carbons (Fsp3) is 0.200. The molecule has 158 valence electrons. The summed E-state index contributed by atoms with van der Waals surface area (Å²) in [4.78, 5) is 24.6. The van der Waals surface area contributed by atoms with Crippen molar-refractivity contribution in [2.45, 2.75) is 18.7 Å². The lowest BCUT2D eigenvalue weighted by Gasteiger charge is -2.10. The number of rotatable bonds is 7. The van der Waals surface area contributed by atoms with Crippen LogP contribution in [-0.2, 0) is 34.3 Å². The predicted octanol–water partition coefficient (Wildman–Crippen LogP) is 2.32. The molecule has 1 aliphatic rings. The molecule has 0 radical (unpaired) electrons. The summed E-state index contributed by atoms with van der Waals surface area (Å²) in [6.45, 7) is 1.77. The molecule has 2 N–H and O–H groups in total. The fourth-order valence-corrected chi connectivity index (χ4v) is 3.30. The first kappa shape index (κ1) is 17.5. The molecule has 30 heavy (non-hydrogen) atoms. The number of nitrogens with two attached hydrogens (primary N) is 1. The Morgan fingerprint density at radius 3 is 2.47 bits per heavy atom. The van der Waals surface area contributed by atoms with Crippen LogP contribution in [0.25, 0.3) is 0 Å². The van der Waals surface area contributed by atoms with Crippen molar-refractivity contribution in [3.8, 4) is 0 Å². The average molecular weight is 438 g/mol. The Labute approximate surface area is 176 Å². The second kappa shape index (κ2) is 8.54. The second-order valence-electron chi connectivity index (χ2n) is 5.90. The van der Waals surface area contributed by atoms with Crippen LogP contribution in [0.2, 0.25) is 0 Å². The van der Waals surface area contributed by atoms with Crippen molar-refractivity contribution in [3.05, 3.63) is 82.7 Å². The van der Waals surface area contributed by atoms with Crippen LogP contribution >= 0.6 is 0 Å². The first-order valence-corrected chi connectivity index (χ1v) is 9.95. The molecule has 0 fully saturated rings. The van der Waals surface area contributed by atoms with Gasteiger partial charge in [-0.15, -0.1) is 0 Å². The van der Waals surface area contributed by atoms with Crippen LogP contribution in [0.15, 0.2) is 60.2 Å². The molecule has 0 spiro atoms. The third-order valence-corrected chi connectivity index (χ3v) is 4.66. The number of esters is 1. The minimum atomic E-state index is -5.20. The van der Waals surface area contributed by atoms with Crippen molar-refractivity contribution < 1.29 is 40.2 Å². The Hall–Kier alpha value is -3.40. The van der Waals surface area contributed by atoms with Gasteiger partial charge in [0.15, 0.2) is 6.08 Å². The normalized spacial score (nSPS) is 20.7. The summed E-state index contributed by atoms with van der Waals surface area (Å²) >= 11 is 0. The molecule has 0 bridgehead atoms. The number of hydrogen-bond acceptors (Lipinski definition) is 8. The zero-order valence-electron chi connectivity index (χ0n) is 18.5. The highest BCUT2D eigenvalue weighted by Gasteiger charge is 2.39. The maximum atomic E-state index is 13.1. The van der Waals surface area contributed by atoms with Crippen LogP contribution < -0.4 is 5.73 Å². The van der Waals surface area contributed by atoms with Gasteiger partial charge in [-0.05, 0) is 36.8 Å². The zero-order chi connectivity index (χ0) is 24.6. The van der Waals surface area contributed by atoms with Crippen LogP contribution in [0.5, 0.6) is 0 Å². The molecular weight excluding hydrogens is 417 g/mol. The molecular formula is C20H18FNO7S. The third-order valence-electron chi connectivity index (χ3n) is 3.79. The Balaban J connectivity index is 1.87. The van der Waals surface area contributed by atoms with Gasteiger partial charge >= 0.3 is 16.1 Å². The van der Waals surface area contributed by atoms with Gasteiger partial charge in [0.2, 0.25) is 17.4 Å². The first-order chi connectivity index (χ1) is 15.3. The number of halogens is 1. The van der Waals surface area contributed by atoms with Crippen molar-refractivity contribution in [1.29, 1.82) is 0 Å². The summed E-state index contributed by atoms with van der Waals surface area (Å²) in [5.41, 5.74) is 1.99. The molecule has 3 rings (SSSR count). The van der Waals surface area contributed by atoms with E-state index in [0.717, 1.165) is 24.3 Å². The van der Waals surface area contributed by atoms with Crippen molar-refractivity contribution >= 4 is 21.9 Å². The Morgan fingerprint density at radius 2 is 1.87 bits per heavy atom. The lowest BCUT2D eigenvalue weighted by atomic mass is 10.0. The summed E-state index contributed by atoms with van der Waals surface area (Å²) < 4.78 is 77.2. The van der Waals surface area contributed by atoms with Crippen molar-refractivity contribution in [3.63, 3.8) is 0 Å². The van der Waals surface area contributed by atoms with Crippen LogP contribution in [0.3, 0.4) is 0 Å². The summed E-state index contributed by atoms with van der Waals surface area (Å²) in [6, 6.07) is 8.52. The summed E-state index contributed by atoms with van der Waals surface area (Å²) in [7, 11) is -5.20. The van der Waals surface area contributed by atoms with Crippen molar-refractivity contribution in [1.82, 2.24) is 0 Å². The SMILES string of the molecule is [2H]C([2H])(c1ccc(F)cc1)S(=O)(=O)OC1=C(N)O[C@@]([2H])(c2ccc(C(=O)OCC)cc2)C1=O. The van der Waals surface area contributed by atoms with Gasteiger partial charge in [-0.25, -0.2) is 9.18 Å². The summed E-state index contributed by atoms with van der Waals surface area (Å²) in [6.07, 6.45) is -2.54. The maximum Gasteiger partial charge on any atom is 0.338 e. The molecule has 2 aromatic rings. The fourth-order valence-electron chi connectivity index (χ4n) is 2.45. The van der Waals surface area contributed by atoms with Crippen LogP contribution in [0.4, 0.5) is 4.39 Å². The lowest BCUT2D eigenvalue weighted by Crippen LogP contribution is -2.16. The number of ether oxygens (including phenoxy) is 2. The van der Waals surface area contributed by atoms with Crippen molar-refractivity contribution in [2.75, 3.05) is 6.61 Å². The Bertz CT molecular complexity index is 1230. The Morgan fingerprint density at radius 1 is 1.23 bits per heavy atom. The van der Waals surface area contributed by atoms with Gasteiger partial charge in [-0.3, -0.25) is 4.79 Å². The van der Waals surface area contributed by atoms with Crippen LogP contribution in [0.1, 0.15) is 38.6 Å². The van der Waals surface area contributed by atoms with Gasteiger partial charge in [0.1, 0.15) is 11.5 Å². The number of hydrogen-bond donors (Lipinski definition) is 1. The second-order valence-corrected chi connectivity index (χ2v) is 7.18. The summed E-state index contributed by atoms with van der Waals surface area (Å²) in [5.74, 6) is -4.57. The van der Waals surface area contributed by atoms with E-state index in [4.69, 9.17) is 19.3 Å². The standard InChI is InChI=1S/C20H18FNO7S/c1-2-27-20(24)14-7-5-13(6-8-14)17-16(23)18(19(22)28-17)29-30(25,26)11-12-3-9-15(21)10-4-12/h3-10,17H,2,11,22H2,1H3/t17-/m0/s1/i11D2,17D.